The smallest absolute Gasteiger partial charge is 0.243 e. The van der Waals surface area contributed by atoms with Crippen LogP contribution in [0.5, 0.6) is 0 Å². The standard InChI is InChI=1S/C14H16BrClN4O/c1-7(16)12-19-11-5-9(15)6-17-13(11)20(12)8(2)14(21)18-10-3-4-10/h5-8,10H,3-4H2,1-2H3,(H,18,21). The molecule has 112 valence electrons. The lowest BCUT2D eigenvalue weighted by molar-refractivity contribution is -0.124. The quantitative estimate of drug-likeness (QED) is 0.839. The maximum Gasteiger partial charge on any atom is 0.243 e. The van der Waals surface area contributed by atoms with Crippen molar-refractivity contribution in [3.8, 4) is 0 Å². The van der Waals surface area contributed by atoms with E-state index in [9.17, 15) is 4.79 Å². The molecular weight excluding hydrogens is 356 g/mol. The highest BCUT2D eigenvalue weighted by Crippen LogP contribution is 2.29. The first kappa shape index (κ1) is 14.8. The topological polar surface area (TPSA) is 59.8 Å². The zero-order valence-electron chi connectivity index (χ0n) is 11.8. The molecule has 2 heterocycles. The Morgan fingerprint density at radius 1 is 1.52 bits per heavy atom. The molecule has 0 saturated heterocycles. The van der Waals surface area contributed by atoms with Gasteiger partial charge in [-0.1, -0.05) is 0 Å². The minimum atomic E-state index is -0.388. The van der Waals surface area contributed by atoms with Crippen molar-refractivity contribution in [3.05, 3.63) is 22.6 Å². The van der Waals surface area contributed by atoms with E-state index in [1.54, 1.807) is 6.20 Å². The minimum absolute atomic E-state index is 0.0138. The van der Waals surface area contributed by atoms with Gasteiger partial charge >= 0.3 is 0 Å². The molecule has 0 bridgehead atoms. The van der Waals surface area contributed by atoms with E-state index in [1.165, 1.54) is 0 Å². The fraction of sp³-hybridized carbons (Fsp3) is 0.500. The predicted molar refractivity (Wildman–Crippen MR) is 85.4 cm³/mol. The number of pyridine rings is 1. The molecule has 0 spiro atoms. The number of aromatic nitrogens is 3. The minimum Gasteiger partial charge on any atom is -0.352 e. The average Bonchev–Trinajstić information content (AvgIpc) is 3.15. The van der Waals surface area contributed by atoms with Crippen LogP contribution in [0, 0.1) is 0 Å². The summed E-state index contributed by atoms with van der Waals surface area (Å²) in [6.07, 6.45) is 3.83. The Morgan fingerprint density at radius 3 is 2.86 bits per heavy atom. The lowest BCUT2D eigenvalue weighted by Gasteiger charge is -2.17. The molecule has 7 heteroatoms. The Hall–Kier alpha value is -1.14. The lowest BCUT2D eigenvalue weighted by Crippen LogP contribution is -2.33. The number of hydrogen-bond acceptors (Lipinski definition) is 3. The summed E-state index contributed by atoms with van der Waals surface area (Å²) in [5, 5.41) is 2.72. The molecule has 0 aromatic carbocycles. The molecule has 1 N–H and O–H groups in total. The molecule has 1 amide bonds. The molecular formula is C14H16BrClN4O. The molecule has 2 atom stereocenters. The van der Waals surface area contributed by atoms with Gasteiger partial charge in [0.2, 0.25) is 5.91 Å². The number of halogens is 2. The van der Waals surface area contributed by atoms with Crippen LogP contribution in [0.25, 0.3) is 11.2 Å². The van der Waals surface area contributed by atoms with Gasteiger partial charge in [-0.15, -0.1) is 11.6 Å². The zero-order chi connectivity index (χ0) is 15.1. The van der Waals surface area contributed by atoms with Crippen molar-refractivity contribution >= 4 is 44.6 Å². The Balaban J connectivity index is 2.05. The first-order valence-corrected chi connectivity index (χ1v) is 8.18. The normalized spacial score (nSPS) is 17.7. The Kier molecular flexibility index (Phi) is 3.92. The fourth-order valence-electron chi connectivity index (χ4n) is 2.30. The van der Waals surface area contributed by atoms with Crippen molar-refractivity contribution in [2.45, 2.75) is 44.1 Å². The summed E-state index contributed by atoms with van der Waals surface area (Å²) in [6.45, 7) is 3.70. The molecule has 2 unspecified atom stereocenters. The number of nitrogens with one attached hydrogen (secondary N) is 1. The van der Waals surface area contributed by atoms with E-state index in [0.717, 1.165) is 22.8 Å². The summed E-state index contributed by atoms with van der Waals surface area (Å²) in [6, 6.07) is 1.82. The van der Waals surface area contributed by atoms with E-state index in [-0.39, 0.29) is 17.3 Å². The zero-order valence-corrected chi connectivity index (χ0v) is 14.1. The fourth-order valence-corrected chi connectivity index (χ4v) is 2.78. The summed E-state index contributed by atoms with van der Waals surface area (Å²) < 4.78 is 2.68. The molecule has 5 nitrogen and oxygen atoms in total. The van der Waals surface area contributed by atoms with Crippen LogP contribution in [-0.2, 0) is 4.79 Å². The van der Waals surface area contributed by atoms with Crippen LogP contribution in [-0.4, -0.2) is 26.5 Å². The summed E-state index contributed by atoms with van der Waals surface area (Å²) >= 11 is 9.62. The van der Waals surface area contributed by atoms with Crippen LogP contribution in [0.1, 0.15) is 43.9 Å². The highest BCUT2D eigenvalue weighted by molar-refractivity contribution is 9.10. The van der Waals surface area contributed by atoms with E-state index >= 15 is 0 Å². The monoisotopic (exact) mass is 370 g/mol. The number of rotatable bonds is 4. The summed E-state index contributed by atoms with van der Waals surface area (Å²) in [4.78, 5) is 21.3. The number of fused-ring (bicyclic) bond motifs is 1. The van der Waals surface area contributed by atoms with Crippen LogP contribution in [0.2, 0.25) is 0 Å². The van der Waals surface area contributed by atoms with Crippen LogP contribution in [0.4, 0.5) is 0 Å². The van der Waals surface area contributed by atoms with E-state index in [1.807, 2.05) is 24.5 Å². The van der Waals surface area contributed by atoms with Gasteiger partial charge in [-0.3, -0.25) is 9.36 Å². The molecule has 3 rings (SSSR count). The third-order valence-electron chi connectivity index (χ3n) is 3.57. The van der Waals surface area contributed by atoms with Gasteiger partial charge in [0.25, 0.3) is 0 Å². The molecule has 1 fully saturated rings. The first-order chi connectivity index (χ1) is 9.97. The molecule has 1 aliphatic rings. The highest BCUT2D eigenvalue weighted by atomic mass is 79.9. The maximum absolute atomic E-state index is 12.3. The second-order valence-electron chi connectivity index (χ2n) is 5.41. The van der Waals surface area contributed by atoms with Gasteiger partial charge in [-0.2, -0.15) is 0 Å². The van der Waals surface area contributed by atoms with Crippen molar-refractivity contribution in [1.82, 2.24) is 19.9 Å². The van der Waals surface area contributed by atoms with Crippen molar-refractivity contribution < 1.29 is 4.79 Å². The number of amides is 1. The van der Waals surface area contributed by atoms with Gasteiger partial charge in [0.1, 0.15) is 17.4 Å². The van der Waals surface area contributed by atoms with E-state index in [2.05, 4.69) is 31.2 Å². The second kappa shape index (κ2) is 5.57. The molecule has 21 heavy (non-hydrogen) atoms. The van der Waals surface area contributed by atoms with Gasteiger partial charge in [0.15, 0.2) is 5.65 Å². The SMILES string of the molecule is CC(Cl)c1nc2cc(Br)cnc2n1C(C)C(=O)NC1CC1. The molecule has 2 aromatic heterocycles. The van der Waals surface area contributed by atoms with Crippen molar-refractivity contribution in [2.75, 3.05) is 0 Å². The summed E-state index contributed by atoms with van der Waals surface area (Å²) in [5.41, 5.74) is 1.41. The van der Waals surface area contributed by atoms with Crippen LogP contribution < -0.4 is 5.32 Å². The average molecular weight is 372 g/mol. The molecule has 1 aliphatic carbocycles. The van der Waals surface area contributed by atoms with Crippen molar-refractivity contribution in [3.63, 3.8) is 0 Å². The molecule has 1 saturated carbocycles. The van der Waals surface area contributed by atoms with Crippen LogP contribution >= 0.6 is 27.5 Å². The molecule has 0 aliphatic heterocycles. The first-order valence-electron chi connectivity index (χ1n) is 6.95. The van der Waals surface area contributed by atoms with E-state index in [0.29, 0.717) is 17.5 Å². The predicted octanol–water partition coefficient (Wildman–Crippen LogP) is 3.33. The van der Waals surface area contributed by atoms with Gasteiger partial charge < -0.3 is 5.32 Å². The van der Waals surface area contributed by atoms with Crippen LogP contribution in [0.3, 0.4) is 0 Å². The molecule has 0 radical (unpaired) electrons. The van der Waals surface area contributed by atoms with E-state index < -0.39 is 0 Å². The summed E-state index contributed by atoms with van der Waals surface area (Å²) in [7, 11) is 0. The summed E-state index contributed by atoms with van der Waals surface area (Å²) in [5.74, 6) is 0.649. The Morgan fingerprint density at radius 2 is 2.24 bits per heavy atom. The van der Waals surface area contributed by atoms with Gasteiger partial charge in [0, 0.05) is 16.7 Å². The largest absolute Gasteiger partial charge is 0.352 e. The number of alkyl halides is 1. The van der Waals surface area contributed by atoms with Crippen molar-refractivity contribution in [2.24, 2.45) is 0 Å². The van der Waals surface area contributed by atoms with Gasteiger partial charge in [-0.05, 0) is 48.7 Å². The van der Waals surface area contributed by atoms with Gasteiger partial charge in [-0.25, -0.2) is 9.97 Å². The van der Waals surface area contributed by atoms with Crippen LogP contribution in [0.15, 0.2) is 16.7 Å². The Labute approximate surface area is 136 Å². The van der Waals surface area contributed by atoms with Gasteiger partial charge in [0.05, 0.1) is 5.38 Å². The number of nitrogens with zero attached hydrogens (tertiary/aromatic N) is 3. The maximum atomic E-state index is 12.3. The number of carbonyl (C=O) groups excluding carboxylic acids is 1. The lowest BCUT2D eigenvalue weighted by atomic mass is 10.2. The highest BCUT2D eigenvalue weighted by Gasteiger charge is 2.29. The van der Waals surface area contributed by atoms with Crippen molar-refractivity contribution in [1.29, 1.82) is 0 Å². The number of hydrogen-bond donors (Lipinski definition) is 1. The third kappa shape index (κ3) is 2.92. The number of imidazole rings is 1. The number of carbonyl (C=O) groups is 1. The third-order valence-corrected chi connectivity index (χ3v) is 4.20. The van der Waals surface area contributed by atoms with E-state index in [4.69, 9.17) is 11.6 Å². The Bertz CT molecular complexity index is 696. The molecule has 2 aromatic rings. The second-order valence-corrected chi connectivity index (χ2v) is 6.98.